The number of fused-ring (bicyclic) bond motifs is 1. The van der Waals surface area contributed by atoms with E-state index in [0.29, 0.717) is 18.2 Å². The topological polar surface area (TPSA) is 75.9 Å². The van der Waals surface area contributed by atoms with Gasteiger partial charge in [-0.25, -0.2) is 9.78 Å². The summed E-state index contributed by atoms with van der Waals surface area (Å²) in [6.45, 7) is 5.66. The second-order valence-corrected chi connectivity index (χ2v) is 6.30. The van der Waals surface area contributed by atoms with Crippen molar-refractivity contribution in [1.82, 2.24) is 24.5 Å². The maximum atomic E-state index is 11.7. The third-order valence-electron chi connectivity index (χ3n) is 3.95. The Labute approximate surface area is 135 Å². The number of anilines is 1. The van der Waals surface area contributed by atoms with E-state index < -0.39 is 0 Å². The predicted octanol–water partition coefficient (Wildman–Crippen LogP) is 1.52. The average Bonchev–Trinajstić information content (AvgIpc) is 3.14. The Morgan fingerprint density at radius 2 is 2.22 bits per heavy atom. The molecule has 124 valence electrons. The molecule has 1 atom stereocenters. The van der Waals surface area contributed by atoms with Gasteiger partial charge in [-0.15, -0.1) is 0 Å². The molecule has 0 radical (unpaired) electrons. The van der Waals surface area contributed by atoms with Crippen molar-refractivity contribution in [2.24, 2.45) is 0 Å². The Kier molecular flexibility index (Phi) is 4.06. The van der Waals surface area contributed by atoms with Crippen molar-refractivity contribution in [2.75, 3.05) is 32.1 Å². The lowest BCUT2D eigenvalue weighted by Gasteiger charge is -2.21. The monoisotopic (exact) mass is 318 g/mol. The van der Waals surface area contributed by atoms with Gasteiger partial charge in [0.1, 0.15) is 18.2 Å². The number of carbonyl (C=O) groups excluding carboxylic acids is 1. The number of amides is 1. The normalized spacial score (nSPS) is 18.0. The van der Waals surface area contributed by atoms with Crippen LogP contribution in [0.15, 0.2) is 12.4 Å². The minimum absolute atomic E-state index is 0.112. The molecule has 0 aliphatic carbocycles. The molecule has 23 heavy (non-hydrogen) atoms. The first kappa shape index (κ1) is 15.5. The summed E-state index contributed by atoms with van der Waals surface area (Å²) >= 11 is 0. The van der Waals surface area contributed by atoms with Crippen LogP contribution in [0.2, 0.25) is 0 Å². The van der Waals surface area contributed by atoms with Crippen molar-refractivity contribution in [3.63, 3.8) is 0 Å². The molecule has 1 aliphatic heterocycles. The third-order valence-corrected chi connectivity index (χ3v) is 3.95. The zero-order chi connectivity index (χ0) is 16.6. The largest absolute Gasteiger partial charge is 0.444 e. The fraction of sp³-hybridized carbons (Fsp3) is 0.600. The van der Waals surface area contributed by atoms with Crippen LogP contribution in [0.5, 0.6) is 0 Å². The van der Waals surface area contributed by atoms with Crippen LogP contribution in [-0.4, -0.2) is 63.9 Å². The van der Waals surface area contributed by atoms with Gasteiger partial charge in [-0.3, -0.25) is 0 Å². The number of carbonyl (C=O) groups is 1. The molecule has 0 bridgehead atoms. The fourth-order valence-corrected chi connectivity index (χ4v) is 2.62. The van der Waals surface area contributed by atoms with E-state index in [9.17, 15) is 4.79 Å². The van der Waals surface area contributed by atoms with E-state index in [1.54, 1.807) is 18.6 Å². The number of hydrogen-bond acceptors (Lipinski definition) is 6. The van der Waals surface area contributed by atoms with Gasteiger partial charge in [0.2, 0.25) is 0 Å². The van der Waals surface area contributed by atoms with Crippen LogP contribution in [0.1, 0.15) is 31.9 Å². The Morgan fingerprint density at radius 1 is 1.43 bits per heavy atom. The quantitative estimate of drug-likeness (QED) is 0.854. The molecule has 0 N–H and O–H groups in total. The van der Waals surface area contributed by atoms with Crippen LogP contribution < -0.4 is 4.90 Å². The molecule has 3 heterocycles. The van der Waals surface area contributed by atoms with Gasteiger partial charge < -0.3 is 14.5 Å². The molecule has 0 spiro atoms. The standard InChI is InChI=1S/C15H22N6O2/c1-10(2)12-7-13(21-14(18-12)16-9-17-21)20-6-5-11(8-20)23-15(22)19(3)4/h7,9-11H,5-6,8H2,1-4H3. The summed E-state index contributed by atoms with van der Waals surface area (Å²) < 4.78 is 7.22. The Bertz CT molecular complexity index is 711. The van der Waals surface area contributed by atoms with Gasteiger partial charge in [0.15, 0.2) is 0 Å². The van der Waals surface area contributed by atoms with E-state index in [-0.39, 0.29) is 12.2 Å². The number of aromatic nitrogens is 4. The maximum Gasteiger partial charge on any atom is 0.409 e. The summed E-state index contributed by atoms with van der Waals surface area (Å²) in [7, 11) is 3.37. The molecule has 2 aromatic rings. The summed E-state index contributed by atoms with van der Waals surface area (Å²) in [4.78, 5) is 24.1. The van der Waals surface area contributed by atoms with Gasteiger partial charge in [-0.05, 0) is 5.92 Å². The average molecular weight is 318 g/mol. The van der Waals surface area contributed by atoms with Crippen molar-refractivity contribution in [3.05, 3.63) is 18.1 Å². The van der Waals surface area contributed by atoms with Crippen LogP contribution >= 0.6 is 0 Å². The van der Waals surface area contributed by atoms with Crippen molar-refractivity contribution < 1.29 is 9.53 Å². The van der Waals surface area contributed by atoms with E-state index in [2.05, 4.69) is 33.8 Å². The van der Waals surface area contributed by atoms with E-state index in [1.165, 1.54) is 11.2 Å². The van der Waals surface area contributed by atoms with E-state index in [4.69, 9.17) is 4.74 Å². The van der Waals surface area contributed by atoms with Gasteiger partial charge in [0.25, 0.3) is 5.78 Å². The zero-order valence-electron chi connectivity index (χ0n) is 13.9. The van der Waals surface area contributed by atoms with Crippen LogP contribution in [0.25, 0.3) is 5.78 Å². The second-order valence-electron chi connectivity index (χ2n) is 6.30. The molecule has 0 aromatic carbocycles. The second kappa shape index (κ2) is 6.02. The predicted molar refractivity (Wildman–Crippen MR) is 85.7 cm³/mol. The Morgan fingerprint density at radius 3 is 2.91 bits per heavy atom. The van der Waals surface area contributed by atoms with Gasteiger partial charge in [0, 0.05) is 33.1 Å². The Hall–Kier alpha value is -2.38. The third kappa shape index (κ3) is 3.06. The van der Waals surface area contributed by atoms with Gasteiger partial charge in [-0.2, -0.15) is 14.6 Å². The number of rotatable bonds is 3. The highest BCUT2D eigenvalue weighted by Crippen LogP contribution is 2.25. The summed E-state index contributed by atoms with van der Waals surface area (Å²) in [6.07, 6.45) is 1.89. The fourth-order valence-electron chi connectivity index (χ4n) is 2.62. The Balaban J connectivity index is 1.83. The van der Waals surface area contributed by atoms with E-state index in [0.717, 1.165) is 24.5 Å². The van der Waals surface area contributed by atoms with Crippen LogP contribution in [0.4, 0.5) is 10.6 Å². The molecule has 1 aliphatic rings. The van der Waals surface area contributed by atoms with Gasteiger partial charge in [-0.1, -0.05) is 13.8 Å². The maximum absolute atomic E-state index is 11.7. The molecule has 8 nitrogen and oxygen atoms in total. The van der Waals surface area contributed by atoms with Gasteiger partial charge >= 0.3 is 6.09 Å². The molecule has 2 aromatic heterocycles. The van der Waals surface area contributed by atoms with Crippen molar-refractivity contribution in [1.29, 1.82) is 0 Å². The lowest BCUT2D eigenvalue weighted by molar-refractivity contribution is 0.0839. The lowest BCUT2D eigenvalue weighted by atomic mass is 10.1. The highest BCUT2D eigenvalue weighted by atomic mass is 16.6. The van der Waals surface area contributed by atoms with Crippen molar-refractivity contribution in [3.8, 4) is 0 Å². The molecule has 3 rings (SSSR count). The van der Waals surface area contributed by atoms with Crippen LogP contribution in [0, 0.1) is 0 Å². The minimum atomic E-state index is -0.305. The molecule has 1 unspecified atom stereocenters. The van der Waals surface area contributed by atoms with E-state index in [1.807, 2.05) is 6.07 Å². The summed E-state index contributed by atoms with van der Waals surface area (Å²) in [5.74, 6) is 1.85. The minimum Gasteiger partial charge on any atom is -0.444 e. The summed E-state index contributed by atoms with van der Waals surface area (Å²) in [5.41, 5.74) is 0.981. The van der Waals surface area contributed by atoms with Gasteiger partial charge in [0.05, 0.1) is 12.2 Å². The molecule has 1 saturated heterocycles. The molecule has 0 saturated carbocycles. The zero-order valence-corrected chi connectivity index (χ0v) is 13.9. The van der Waals surface area contributed by atoms with Crippen molar-refractivity contribution >= 4 is 17.7 Å². The van der Waals surface area contributed by atoms with Crippen LogP contribution in [-0.2, 0) is 4.74 Å². The summed E-state index contributed by atoms with van der Waals surface area (Å²) in [5, 5.41) is 4.26. The van der Waals surface area contributed by atoms with E-state index >= 15 is 0 Å². The molecule has 1 fully saturated rings. The summed E-state index contributed by atoms with van der Waals surface area (Å²) in [6, 6.07) is 2.04. The molecule has 8 heteroatoms. The highest BCUT2D eigenvalue weighted by Gasteiger charge is 2.28. The highest BCUT2D eigenvalue weighted by molar-refractivity contribution is 5.67. The lowest BCUT2D eigenvalue weighted by Crippen LogP contribution is -2.30. The van der Waals surface area contributed by atoms with Crippen molar-refractivity contribution in [2.45, 2.75) is 32.3 Å². The first-order chi connectivity index (χ1) is 11.0. The number of ether oxygens (including phenoxy) is 1. The number of hydrogen-bond donors (Lipinski definition) is 0. The van der Waals surface area contributed by atoms with Crippen LogP contribution in [0.3, 0.4) is 0 Å². The smallest absolute Gasteiger partial charge is 0.409 e. The molecule has 1 amide bonds. The molecular weight excluding hydrogens is 296 g/mol. The first-order valence-corrected chi connectivity index (χ1v) is 7.79. The SMILES string of the molecule is CC(C)c1cc(N2CCC(OC(=O)N(C)C)C2)n2ncnc2n1. The molecular formula is C15H22N6O2. The first-order valence-electron chi connectivity index (χ1n) is 7.79. The number of nitrogens with zero attached hydrogens (tertiary/aromatic N) is 6.